The van der Waals surface area contributed by atoms with E-state index in [2.05, 4.69) is 22.8 Å². The van der Waals surface area contributed by atoms with Crippen LogP contribution in [-0.4, -0.2) is 85.3 Å². The van der Waals surface area contributed by atoms with Crippen molar-refractivity contribution in [3.63, 3.8) is 0 Å². The Morgan fingerprint density at radius 1 is 1.23 bits per heavy atom. The number of Topliss-reactive ketones (excluding diaryl/α,β-unsaturated/α-hetero) is 1. The average Bonchev–Trinajstić information content (AvgIpc) is 3.49. The number of rotatable bonds is 9. The van der Waals surface area contributed by atoms with Crippen LogP contribution in [0.3, 0.4) is 0 Å². The Kier molecular flexibility index (Phi) is 9.18. The largest absolute Gasteiger partial charge is 0.444 e. The van der Waals surface area contributed by atoms with E-state index in [1.807, 2.05) is 26.8 Å². The quantitative estimate of drug-likeness (QED) is 0.457. The fraction of sp³-hybridized carbons (Fsp3) is 0.700. The molecule has 1 aliphatic carbocycles. The molecule has 0 aromatic heterocycles. The fourth-order valence-corrected chi connectivity index (χ4v) is 6.44. The van der Waals surface area contributed by atoms with E-state index in [4.69, 9.17) is 9.47 Å². The number of halogens is 1. The molecule has 4 rings (SSSR count). The van der Waals surface area contributed by atoms with E-state index in [0.29, 0.717) is 18.2 Å². The van der Waals surface area contributed by atoms with Crippen LogP contribution in [0.25, 0.3) is 0 Å². The molecular weight excluding hydrogens is 499 g/mol. The van der Waals surface area contributed by atoms with Gasteiger partial charge in [-0.3, -0.25) is 14.6 Å². The van der Waals surface area contributed by atoms with Crippen LogP contribution >= 0.6 is 0 Å². The molecule has 0 spiro atoms. The number of methoxy groups -OCH3 is 1. The number of nitrogens with zero attached hydrogens (tertiary/aromatic N) is 4. The number of hydrogen-bond acceptors (Lipinski definition) is 7. The van der Waals surface area contributed by atoms with Gasteiger partial charge in [0.15, 0.2) is 5.78 Å². The van der Waals surface area contributed by atoms with Crippen LogP contribution in [0.15, 0.2) is 18.2 Å². The van der Waals surface area contributed by atoms with Crippen molar-refractivity contribution in [3.8, 4) is 6.07 Å². The standard InChI is InChI=1S/C30H43FN4O4/c1-20-19-34(11-10-33(20)12-13-38-5)24-8-6-22(26(31)17-24)14-21(18-32)15-27(36)28-23-7-9-25(16-23)35(28)29(37)39-30(2,3)4/h6,8,17,20-21,23,25,28H,7,9-16,19H2,1-5H3/t20?,21-,23+,25-,28+/m1/s1. The zero-order valence-corrected chi connectivity index (χ0v) is 24.0. The molecule has 2 bridgehead atoms. The SMILES string of the molecule is COCCN1CCN(c2ccc(C[C@@H](C#N)CC(=O)[C@@H]3[C@H]4CC[C@H](C4)N3C(=O)OC(C)(C)C)c(F)c2)CC1C. The van der Waals surface area contributed by atoms with Crippen molar-refractivity contribution in [2.45, 2.75) is 83.5 Å². The average molecular weight is 543 g/mol. The minimum atomic E-state index is -0.665. The molecule has 0 N–H and O–H groups in total. The number of piperidine rings is 1. The molecule has 1 aromatic carbocycles. The summed E-state index contributed by atoms with van der Waals surface area (Å²) >= 11 is 0. The van der Waals surface area contributed by atoms with E-state index < -0.39 is 23.7 Å². The predicted molar refractivity (Wildman–Crippen MR) is 147 cm³/mol. The van der Waals surface area contributed by atoms with Crippen molar-refractivity contribution in [3.05, 3.63) is 29.6 Å². The number of nitriles is 1. The Morgan fingerprint density at radius 3 is 2.64 bits per heavy atom. The third kappa shape index (κ3) is 6.90. The van der Waals surface area contributed by atoms with Crippen LogP contribution in [-0.2, 0) is 20.7 Å². The van der Waals surface area contributed by atoms with E-state index in [0.717, 1.165) is 51.1 Å². The number of benzene rings is 1. The van der Waals surface area contributed by atoms with Gasteiger partial charge >= 0.3 is 6.09 Å². The number of carbonyl (C=O) groups is 2. The van der Waals surface area contributed by atoms with Crippen LogP contribution < -0.4 is 4.90 Å². The van der Waals surface area contributed by atoms with Crippen molar-refractivity contribution >= 4 is 17.6 Å². The number of hydrogen-bond donors (Lipinski definition) is 0. The smallest absolute Gasteiger partial charge is 0.411 e. The lowest BCUT2D eigenvalue weighted by atomic mass is 9.88. The third-order valence-electron chi connectivity index (χ3n) is 8.37. The molecule has 214 valence electrons. The summed E-state index contributed by atoms with van der Waals surface area (Å²) in [4.78, 5) is 32.5. The first-order valence-electron chi connectivity index (χ1n) is 14.2. The molecule has 2 saturated heterocycles. The lowest BCUT2D eigenvalue weighted by molar-refractivity contribution is -0.126. The predicted octanol–water partition coefficient (Wildman–Crippen LogP) is 4.41. The number of fused-ring (bicyclic) bond motifs is 2. The van der Waals surface area contributed by atoms with E-state index in [9.17, 15) is 14.9 Å². The van der Waals surface area contributed by atoms with Crippen molar-refractivity contribution in [2.24, 2.45) is 11.8 Å². The highest BCUT2D eigenvalue weighted by Gasteiger charge is 2.52. The van der Waals surface area contributed by atoms with Crippen LogP contribution in [0.2, 0.25) is 0 Å². The maximum Gasteiger partial charge on any atom is 0.411 e. The minimum Gasteiger partial charge on any atom is -0.444 e. The highest BCUT2D eigenvalue weighted by Crippen LogP contribution is 2.44. The first kappa shape index (κ1) is 29.3. The lowest BCUT2D eigenvalue weighted by Gasteiger charge is -2.41. The molecule has 8 nitrogen and oxygen atoms in total. The summed E-state index contributed by atoms with van der Waals surface area (Å²) in [6, 6.07) is 7.19. The van der Waals surface area contributed by atoms with Gasteiger partial charge in [0.2, 0.25) is 0 Å². The summed E-state index contributed by atoms with van der Waals surface area (Å²) < 4.78 is 26.0. The molecular formula is C30H43FN4O4. The summed E-state index contributed by atoms with van der Waals surface area (Å²) in [5.41, 5.74) is 0.608. The second-order valence-corrected chi connectivity index (χ2v) is 12.4. The summed E-state index contributed by atoms with van der Waals surface area (Å²) in [6.07, 6.45) is 2.24. The van der Waals surface area contributed by atoms with Crippen molar-refractivity contribution < 1.29 is 23.5 Å². The molecule has 1 aromatic rings. The minimum absolute atomic E-state index is 0.00811. The monoisotopic (exact) mass is 542 g/mol. The summed E-state index contributed by atoms with van der Waals surface area (Å²) in [7, 11) is 1.70. The Bertz CT molecular complexity index is 1080. The second kappa shape index (κ2) is 12.2. The van der Waals surface area contributed by atoms with Gasteiger partial charge in [0.25, 0.3) is 0 Å². The second-order valence-electron chi connectivity index (χ2n) is 12.4. The third-order valence-corrected chi connectivity index (χ3v) is 8.37. The fourth-order valence-electron chi connectivity index (χ4n) is 6.44. The lowest BCUT2D eigenvalue weighted by Crippen LogP contribution is -2.52. The van der Waals surface area contributed by atoms with E-state index in [1.165, 1.54) is 0 Å². The van der Waals surface area contributed by atoms with Crippen LogP contribution in [0.5, 0.6) is 0 Å². The van der Waals surface area contributed by atoms with Gasteiger partial charge in [-0.25, -0.2) is 9.18 Å². The molecule has 9 heteroatoms. The molecule has 2 aliphatic heterocycles. The summed E-state index contributed by atoms with van der Waals surface area (Å²) in [5, 5.41) is 9.85. The maximum atomic E-state index is 15.2. The van der Waals surface area contributed by atoms with Gasteiger partial charge in [0.1, 0.15) is 11.4 Å². The number of piperazine rings is 1. The molecule has 39 heavy (non-hydrogen) atoms. The Labute approximate surface area is 232 Å². The molecule has 1 saturated carbocycles. The number of carbonyl (C=O) groups excluding carboxylic acids is 2. The molecule has 3 aliphatic rings. The molecule has 1 unspecified atom stereocenters. The van der Waals surface area contributed by atoms with E-state index in [-0.39, 0.29) is 36.4 Å². The number of ether oxygens (including phenoxy) is 2. The van der Waals surface area contributed by atoms with Gasteiger partial charge in [-0.15, -0.1) is 0 Å². The number of amides is 1. The molecule has 1 amide bonds. The zero-order chi connectivity index (χ0) is 28.3. The van der Waals surface area contributed by atoms with Crippen LogP contribution in [0.1, 0.15) is 58.9 Å². The Morgan fingerprint density at radius 2 is 2.00 bits per heavy atom. The van der Waals surface area contributed by atoms with Crippen molar-refractivity contribution in [1.29, 1.82) is 5.26 Å². The van der Waals surface area contributed by atoms with Crippen molar-refractivity contribution in [2.75, 3.05) is 44.8 Å². The topological polar surface area (TPSA) is 86.1 Å². The van der Waals surface area contributed by atoms with Gasteiger partial charge < -0.3 is 14.4 Å². The summed E-state index contributed by atoms with van der Waals surface area (Å²) in [6.45, 7) is 11.7. The summed E-state index contributed by atoms with van der Waals surface area (Å²) in [5.74, 6) is -1.05. The van der Waals surface area contributed by atoms with Crippen molar-refractivity contribution in [1.82, 2.24) is 9.80 Å². The van der Waals surface area contributed by atoms with E-state index in [1.54, 1.807) is 24.1 Å². The number of ketones is 1. The number of anilines is 1. The van der Waals surface area contributed by atoms with Gasteiger partial charge in [-0.2, -0.15) is 5.26 Å². The Balaban J connectivity index is 1.38. The maximum absolute atomic E-state index is 15.2. The first-order chi connectivity index (χ1) is 18.5. The number of likely N-dealkylation sites (tertiary alicyclic amines) is 1. The molecule has 2 heterocycles. The Hall–Kier alpha value is -2.70. The highest BCUT2D eigenvalue weighted by atomic mass is 19.1. The molecule has 5 atom stereocenters. The molecule has 3 fully saturated rings. The first-order valence-corrected chi connectivity index (χ1v) is 14.2. The normalized spacial score (nSPS) is 26.0. The van der Waals surface area contributed by atoms with Gasteiger partial charge in [0.05, 0.1) is 24.6 Å². The van der Waals surface area contributed by atoms with E-state index >= 15 is 4.39 Å². The van der Waals surface area contributed by atoms with Gasteiger partial charge in [-0.05, 0) is 77.0 Å². The molecule has 0 radical (unpaired) electrons. The van der Waals surface area contributed by atoms with Gasteiger partial charge in [0, 0.05) is 57.5 Å². The zero-order valence-electron chi connectivity index (χ0n) is 24.0. The van der Waals surface area contributed by atoms with Crippen LogP contribution in [0, 0.1) is 29.0 Å². The van der Waals surface area contributed by atoms with Crippen LogP contribution in [0.4, 0.5) is 14.9 Å². The van der Waals surface area contributed by atoms with Gasteiger partial charge in [-0.1, -0.05) is 6.07 Å². The highest BCUT2D eigenvalue weighted by molar-refractivity contribution is 5.89.